The van der Waals surface area contributed by atoms with Crippen LogP contribution in [0.4, 0.5) is 0 Å². The summed E-state index contributed by atoms with van der Waals surface area (Å²) in [5.41, 5.74) is 3.38. The zero-order valence-electron chi connectivity index (χ0n) is 11.6. The summed E-state index contributed by atoms with van der Waals surface area (Å²) in [7, 11) is 0. The molecule has 2 heterocycles. The Hall–Kier alpha value is -2.39. The van der Waals surface area contributed by atoms with E-state index in [0.717, 1.165) is 11.1 Å². The first-order chi connectivity index (χ1) is 10.2. The van der Waals surface area contributed by atoms with Crippen molar-refractivity contribution in [2.45, 2.75) is 19.1 Å². The Morgan fingerprint density at radius 3 is 2.62 bits per heavy atom. The normalized spacial score (nSPS) is 20.6. The minimum absolute atomic E-state index is 0.000295. The molecule has 1 fully saturated rings. The van der Waals surface area contributed by atoms with E-state index in [-0.39, 0.29) is 17.6 Å². The molecule has 0 aliphatic carbocycles. The van der Waals surface area contributed by atoms with Gasteiger partial charge < -0.3 is 9.15 Å². The number of rotatable bonds is 2. The smallest absolute Gasteiger partial charge is 0.198 e. The topological polar surface area (TPSA) is 42.7 Å². The van der Waals surface area contributed by atoms with Crippen LogP contribution in [0.5, 0.6) is 0 Å². The molecule has 1 unspecified atom stereocenters. The SMILES string of the molecule is Cc1ccc2c(=O)c(C3O[C@@H]3c3ccccc3)coc2c1. The van der Waals surface area contributed by atoms with Gasteiger partial charge in [0.2, 0.25) is 0 Å². The van der Waals surface area contributed by atoms with Crippen LogP contribution in [0.25, 0.3) is 11.0 Å². The molecule has 0 spiro atoms. The summed E-state index contributed by atoms with van der Waals surface area (Å²) in [5, 5.41) is 0.611. The first-order valence-electron chi connectivity index (χ1n) is 6.96. The Balaban J connectivity index is 1.74. The van der Waals surface area contributed by atoms with Crippen LogP contribution in [0.1, 0.15) is 28.9 Å². The molecule has 0 radical (unpaired) electrons. The minimum atomic E-state index is -0.200. The molecule has 3 nitrogen and oxygen atoms in total. The molecule has 1 aliphatic heterocycles. The second-order valence-electron chi connectivity index (χ2n) is 5.41. The Bertz CT molecular complexity index is 865. The van der Waals surface area contributed by atoms with Gasteiger partial charge in [0.15, 0.2) is 5.43 Å². The van der Waals surface area contributed by atoms with Gasteiger partial charge in [0, 0.05) is 0 Å². The average molecular weight is 278 g/mol. The van der Waals surface area contributed by atoms with E-state index in [4.69, 9.17) is 9.15 Å². The van der Waals surface area contributed by atoms with Crippen LogP contribution in [0.15, 0.2) is 64.0 Å². The van der Waals surface area contributed by atoms with Gasteiger partial charge in [-0.2, -0.15) is 0 Å². The molecule has 1 aromatic heterocycles. The highest BCUT2D eigenvalue weighted by atomic mass is 16.6. The first-order valence-corrected chi connectivity index (χ1v) is 6.96. The van der Waals surface area contributed by atoms with Crippen molar-refractivity contribution in [3.05, 3.63) is 81.7 Å². The van der Waals surface area contributed by atoms with Crippen LogP contribution in [0.2, 0.25) is 0 Å². The van der Waals surface area contributed by atoms with E-state index in [9.17, 15) is 4.79 Å². The highest BCUT2D eigenvalue weighted by molar-refractivity contribution is 5.77. The maximum Gasteiger partial charge on any atom is 0.198 e. The lowest BCUT2D eigenvalue weighted by Gasteiger charge is -2.01. The molecular weight excluding hydrogens is 264 g/mol. The third-order valence-corrected chi connectivity index (χ3v) is 3.88. The zero-order valence-corrected chi connectivity index (χ0v) is 11.6. The summed E-state index contributed by atoms with van der Waals surface area (Å²) >= 11 is 0. The van der Waals surface area contributed by atoms with Crippen molar-refractivity contribution < 1.29 is 9.15 Å². The fourth-order valence-electron chi connectivity index (χ4n) is 2.69. The molecule has 2 atom stereocenters. The van der Waals surface area contributed by atoms with E-state index in [1.807, 2.05) is 55.5 Å². The molecule has 21 heavy (non-hydrogen) atoms. The number of benzene rings is 2. The number of epoxide rings is 1. The van der Waals surface area contributed by atoms with Crippen molar-refractivity contribution >= 4 is 11.0 Å². The second kappa shape index (κ2) is 4.57. The van der Waals surface area contributed by atoms with E-state index >= 15 is 0 Å². The van der Waals surface area contributed by atoms with Crippen molar-refractivity contribution in [3.8, 4) is 0 Å². The van der Waals surface area contributed by atoms with Gasteiger partial charge in [-0.15, -0.1) is 0 Å². The van der Waals surface area contributed by atoms with E-state index < -0.39 is 0 Å². The zero-order chi connectivity index (χ0) is 14.4. The molecule has 1 saturated heterocycles. The second-order valence-corrected chi connectivity index (χ2v) is 5.41. The molecular formula is C18H14O3. The summed E-state index contributed by atoms with van der Waals surface area (Å²) in [6.45, 7) is 1.97. The summed E-state index contributed by atoms with van der Waals surface area (Å²) in [6.07, 6.45) is 1.30. The summed E-state index contributed by atoms with van der Waals surface area (Å²) in [5.74, 6) is 0. The minimum Gasteiger partial charge on any atom is -0.464 e. The molecule has 3 heteroatoms. The molecule has 1 aliphatic rings. The average Bonchev–Trinajstić information content (AvgIpc) is 3.29. The van der Waals surface area contributed by atoms with Gasteiger partial charge in [-0.1, -0.05) is 36.4 Å². The van der Waals surface area contributed by atoms with Crippen LogP contribution in [0.3, 0.4) is 0 Å². The van der Waals surface area contributed by atoms with Crippen molar-refractivity contribution in [1.29, 1.82) is 0 Å². The monoisotopic (exact) mass is 278 g/mol. The van der Waals surface area contributed by atoms with Crippen LogP contribution < -0.4 is 5.43 Å². The van der Waals surface area contributed by atoms with Gasteiger partial charge in [0.05, 0.1) is 10.9 Å². The maximum atomic E-state index is 12.6. The Morgan fingerprint density at radius 1 is 1.00 bits per heavy atom. The molecule has 0 N–H and O–H groups in total. The van der Waals surface area contributed by atoms with Gasteiger partial charge in [-0.05, 0) is 30.2 Å². The number of hydrogen-bond donors (Lipinski definition) is 0. The van der Waals surface area contributed by atoms with Gasteiger partial charge in [0.25, 0.3) is 0 Å². The maximum absolute atomic E-state index is 12.6. The van der Waals surface area contributed by atoms with E-state index in [1.165, 1.54) is 6.26 Å². The summed E-state index contributed by atoms with van der Waals surface area (Å²) in [4.78, 5) is 12.6. The first kappa shape index (κ1) is 12.4. The molecule has 104 valence electrons. The molecule has 3 aromatic rings. The summed E-state index contributed by atoms with van der Waals surface area (Å²) < 4.78 is 11.3. The lowest BCUT2D eigenvalue weighted by Crippen LogP contribution is -2.08. The van der Waals surface area contributed by atoms with Crippen molar-refractivity contribution in [2.75, 3.05) is 0 Å². The molecule has 0 bridgehead atoms. The number of ether oxygens (including phenoxy) is 1. The lowest BCUT2D eigenvalue weighted by molar-refractivity contribution is 0.374. The van der Waals surface area contributed by atoms with Crippen molar-refractivity contribution in [2.24, 2.45) is 0 Å². The van der Waals surface area contributed by atoms with Gasteiger partial charge in [-0.25, -0.2) is 0 Å². The van der Waals surface area contributed by atoms with Gasteiger partial charge in [0.1, 0.15) is 24.1 Å². The Kier molecular flexibility index (Phi) is 2.69. The highest BCUT2D eigenvalue weighted by Crippen LogP contribution is 2.50. The molecule has 0 saturated carbocycles. The lowest BCUT2D eigenvalue weighted by atomic mass is 10.0. The van der Waals surface area contributed by atoms with E-state index in [2.05, 4.69) is 0 Å². The third kappa shape index (κ3) is 2.06. The third-order valence-electron chi connectivity index (χ3n) is 3.88. The fourth-order valence-corrected chi connectivity index (χ4v) is 2.69. The highest BCUT2D eigenvalue weighted by Gasteiger charge is 2.43. The number of fused-ring (bicyclic) bond motifs is 1. The molecule has 0 amide bonds. The quantitative estimate of drug-likeness (QED) is 0.667. The van der Waals surface area contributed by atoms with Crippen LogP contribution in [-0.2, 0) is 4.74 Å². The van der Waals surface area contributed by atoms with Crippen LogP contribution in [0, 0.1) is 6.92 Å². The Morgan fingerprint density at radius 2 is 1.81 bits per heavy atom. The van der Waals surface area contributed by atoms with E-state index in [0.29, 0.717) is 16.5 Å². The fraction of sp³-hybridized carbons (Fsp3) is 0.167. The van der Waals surface area contributed by atoms with Crippen molar-refractivity contribution in [3.63, 3.8) is 0 Å². The molecule has 4 rings (SSSR count). The predicted octanol–water partition coefficient (Wildman–Crippen LogP) is 3.91. The Labute approximate surface area is 121 Å². The van der Waals surface area contributed by atoms with E-state index in [1.54, 1.807) is 0 Å². The van der Waals surface area contributed by atoms with Gasteiger partial charge >= 0.3 is 0 Å². The van der Waals surface area contributed by atoms with Crippen molar-refractivity contribution in [1.82, 2.24) is 0 Å². The number of aryl methyl sites for hydroxylation is 1. The molecule has 2 aromatic carbocycles. The standard InChI is InChI=1S/C18H14O3/c1-11-7-8-13-15(9-11)20-10-14(16(13)19)18-17(21-18)12-5-3-2-4-6-12/h2-10,17-18H,1H3/t17-,18?/m1/s1. The van der Waals surface area contributed by atoms with Gasteiger partial charge in [-0.3, -0.25) is 4.79 Å². The predicted molar refractivity (Wildman–Crippen MR) is 80.2 cm³/mol. The summed E-state index contributed by atoms with van der Waals surface area (Å²) in [6, 6.07) is 15.6. The van der Waals surface area contributed by atoms with Crippen LogP contribution >= 0.6 is 0 Å². The van der Waals surface area contributed by atoms with Crippen LogP contribution in [-0.4, -0.2) is 0 Å². The largest absolute Gasteiger partial charge is 0.464 e. The number of hydrogen-bond acceptors (Lipinski definition) is 3.